The normalized spacial score (nSPS) is 17.3. The van der Waals surface area contributed by atoms with Crippen molar-refractivity contribution < 1.29 is 14.1 Å². The average molecular weight is 326 g/mol. The van der Waals surface area contributed by atoms with Gasteiger partial charge in [0, 0.05) is 25.9 Å². The smallest absolute Gasteiger partial charge is 0.260 e. The number of carbonyl (C=O) groups is 1. The molecule has 0 aliphatic carbocycles. The van der Waals surface area contributed by atoms with Crippen molar-refractivity contribution in [1.82, 2.24) is 15.0 Å². The zero-order chi connectivity index (χ0) is 16.9. The maximum Gasteiger partial charge on any atom is 0.260 e. The lowest BCUT2D eigenvalue weighted by Gasteiger charge is -2.31. The summed E-state index contributed by atoms with van der Waals surface area (Å²) in [6.45, 7) is 3.02. The molecule has 1 aliphatic heterocycles. The van der Waals surface area contributed by atoms with Crippen LogP contribution in [0.5, 0.6) is 5.75 Å². The van der Waals surface area contributed by atoms with Gasteiger partial charge in [0.15, 0.2) is 12.4 Å². The van der Waals surface area contributed by atoms with Crippen molar-refractivity contribution in [3.05, 3.63) is 41.5 Å². The van der Waals surface area contributed by atoms with E-state index in [1.807, 2.05) is 6.07 Å². The molecule has 1 aliphatic rings. The monoisotopic (exact) mass is 326 g/mol. The molecule has 0 saturated carbocycles. The van der Waals surface area contributed by atoms with Gasteiger partial charge in [0.2, 0.25) is 5.89 Å². The number of likely N-dealkylation sites (tertiary alicyclic amines) is 1. The second-order valence-electron chi connectivity index (χ2n) is 5.78. The summed E-state index contributed by atoms with van der Waals surface area (Å²) < 4.78 is 10.5. The second kappa shape index (κ2) is 7.13. The minimum Gasteiger partial charge on any atom is -0.484 e. The van der Waals surface area contributed by atoms with E-state index in [1.54, 1.807) is 36.1 Å². The van der Waals surface area contributed by atoms with Crippen LogP contribution in [-0.2, 0) is 4.79 Å². The van der Waals surface area contributed by atoms with E-state index in [9.17, 15) is 4.79 Å². The zero-order valence-corrected chi connectivity index (χ0v) is 13.4. The van der Waals surface area contributed by atoms with Crippen molar-refractivity contribution in [1.29, 1.82) is 5.26 Å². The molecule has 24 heavy (non-hydrogen) atoms. The van der Waals surface area contributed by atoms with Crippen molar-refractivity contribution in [2.24, 2.45) is 0 Å². The van der Waals surface area contributed by atoms with Gasteiger partial charge in [0.25, 0.3) is 5.91 Å². The predicted molar refractivity (Wildman–Crippen MR) is 84.2 cm³/mol. The first-order valence-electron chi connectivity index (χ1n) is 7.86. The number of aromatic nitrogens is 2. The lowest BCUT2D eigenvalue weighted by molar-refractivity contribution is -0.134. The molecule has 0 spiro atoms. The van der Waals surface area contributed by atoms with Crippen molar-refractivity contribution in [2.75, 3.05) is 19.7 Å². The lowest BCUT2D eigenvalue weighted by Crippen LogP contribution is -2.41. The van der Waals surface area contributed by atoms with Gasteiger partial charge < -0.3 is 14.2 Å². The maximum absolute atomic E-state index is 12.4. The van der Waals surface area contributed by atoms with Gasteiger partial charge in [-0.2, -0.15) is 10.2 Å². The van der Waals surface area contributed by atoms with Gasteiger partial charge in [-0.3, -0.25) is 4.79 Å². The fourth-order valence-electron chi connectivity index (χ4n) is 2.76. The molecule has 7 heteroatoms. The molecule has 7 nitrogen and oxygen atoms in total. The summed E-state index contributed by atoms with van der Waals surface area (Å²) >= 11 is 0. The third-order valence-electron chi connectivity index (χ3n) is 4.03. The summed E-state index contributed by atoms with van der Waals surface area (Å²) in [6.07, 6.45) is 1.85. The number of nitrogens with zero attached hydrogens (tertiary/aromatic N) is 4. The molecule has 1 aromatic carbocycles. The summed E-state index contributed by atoms with van der Waals surface area (Å²) in [6, 6.07) is 8.74. The van der Waals surface area contributed by atoms with E-state index in [1.165, 1.54) is 0 Å². The van der Waals surface area contributed by atoms with Crippen LogP contribution in [0.2, 0.25) is 0 Å². The van der Waals surface area contributed by atoms with Gasteiger partial charge in [-0.1, -0.05) is 5.16 Å². The van der Waals surface area contributed by atoms with E-state index in [4.69, 9.17) is 14.5 Å². The molecule has 1 saturated heterocycles. The van der Waals surface area contributed by atoms with Crippen LogP contribution in [-0.4, -0.2) is 40.6 Å². The standard InChI is InChI=1S/C17H18N4O3/c1-12-19-17(20-24-12)14-3-2-8-21(10-14)16(22)11-23-15-6-4-13(9-18)5-7-15/h4-7,14H,2-3,8,10-11H2,1H3/t14-/m0/s1. The van der Waals surface area contributed by atoms with Gasteiger partial charge in [-0.05, 0) is 37.1 Å². The van der Waals surface area contributed by atoms with Crippen molar-refractivity contribution in [2.45, 2.75) is 25.7 Å². The quantitative estimate of drug-likeness (QED) is 0.853. The van der Waals surface area contributed by atoms with E-state index in [0.29, 0.717) is 36.1 Å². The number of amides is 1. The molecule has 0 bridgehead atoms. The van der Waals surface area contributed by atoms with Gasteiger partial charge >= 0.3 is 0 Å². The minimum absolute atomic E-state index is 0.0239. The molecule has 2 heterocycles. The Labute approximate surface area is 139 Å². The summed E-state index contributed by atoms with van der Waals surface area (Å²) in [4.78, 5) is 18.4. The second-order valence-corrected chi connectivity index (χ2v) is 5.78. The molecule has 3 rings (SSSR count). The number of aryl methyl sites for hydroxylation is 1. The Bertz CT molecular complexity index is 748. The fourth-order valence-corrected chi connectivity index (χ4v) is 2.76. The predicted octanol–water partition coefficient (Wildman–Crippen LogP) is 2.03. The van der Waals surface area contributed by atoms with Crippen molar-refractivity contribution >= 4 is 5.91 Å². The molecule has 2 aromatic rings. The first kappa shape index (κ1) is 16.0. The number of benzene rings is 1. The molecule has 1 atom stereocenters. The van der Waals surface area contributed by atoms with Crippen LogP contribution in [0.4, 0.5) is 0 Å². The number of ether oxygens (including phenoxy) is 1. The van der Waals surface area contributed by atoms with Crippen molar-refractivity contribution in [3.63, 3.8) is 0 Å². The Kier molecular flexibility index (Phi) is 4.75. The summed E-state index contributed by atoms with van der Waals surface area (Å²) in [5.74, 6) is 1.82. The molecule has 124 valence electrons. The number of hydrogen-bond acceptors (Lipinski definition) is 6. The van der Waals surface area contributed by atoms with Crippen LogP contribution in [0, 0.1) is 18.3 Å². The number of hydrogen-bond donors (Lipinski definition) is 0. The molecular formula is C17H18N4O3. The minimum atomic E-state index is -0.0655. The van der Waals surface area contributed by atoms with Crippen LogP contribution in [0.15, 0.2) is 28.8 Å². The highest BCUT2D eigenvalue weighted by molar-refractivity contribution is 5.78. The highest BCUT2D eigenvalue weighted by Crippen LogP contribution is 2.25. The highest BCUT2D eigenvalue weighted by atomic mass is 16.5. The molecule has 0 N–H and O–H groups in total. The first-order valence-corrected chi connectivity index (χ1v) is 7.86. The van der Waals surface area contributed by atoms with Gasteiger partial charge in [-0.25, -0.2) is 0 Å². The Morgan fingerprint density at radius 1 is 1.46 bits per heavy atom. The molecular weight excluding hydrogens is 308 g/mol. The van der Waals surface area contributed by atoms with Crippen LogP contribution >= 0.6 is 0 Å². The Morgan fingerprint density at radius 3 is 2.92 bits per heavy atom. The van der Waals surface area contributed by atoms with Crippen molar-refractivity contribution in [3.8, 4) is 11.8 Å². The number of rotatable bonds is 4. The van der Waals surface area contributed by atoms with Crippen LogP contribution in [0.25, 0.3) is 0 Å². The van der Waals surface area contributed by atoms with Crippen LogP contribution in [0.1, 0.15) is 36.0 Å². The highest BCUT2D eigenvalue weighted by Gasteiger charge is 2.27. The Balaban J connectivity index is 1.55. The molecule has 0 radical (unpaired) electrons. The number of nitriles is 1. The third-order valence-corrected chi connectivity index (χ3v) is 4.03. The van der Waals surface area contributed by atoms with Gasteiger partial charge in [0.05, 0.1) is 11.6 Å². The van der Waals surface area contributed by atoms with E-state index in [2.05, 4.69) is 10.1 Å². The summed E-state index contributed by atoms with van der Waals surface area (Å²) in [5, 5.41) is 12.7. The summed E-state index contributed by atoms with van der Waals surface area (Å²) in [5.41, 5.74) is 0.558. The van der Waals surface area contributed by atoms with Crippen LogP contribution < -0.4 is 4.74 Å². The van der Waals surface area contributed by atoms with E-state index in [0.717, 1.165) is 12.8 Å². The Hall–Kier alpha value is -2.88. The van der Waals surface area contributed by atoms with E-state index in [-0.39, 0.29) is 18.4 Å². The average Bonchev–Trinajstić information content (AvgIpc) is 3.06. The van der Waals surface area contributed by atoms with Crippen LogP contribution in [0.3, 0.4) is 0 Å². The number of piperidine rings is 1. The molecule has 1 aromatic heterocycles. The molecule has 1 fully saturated rings. The maximum atomic E-state index is 12.4. The topological polar surface area (TPSA) is 92.2 Å². The zero-order valence-electron chi connectivity index (χ0n) is 13.4. The largest absolute Gasteiger partial charge is 0.484 e. The lowest BCUT2D eigenvalue weighted by atomic mass is 9.97. The molecule has 1 amide bonds. The first-order chi connectivity index (χ1) is 11.7. The summed E-state index contributed by atoms with van der Waals surface area (Å²) in [7, 11) is 0. The third kappa shape index (κ3) is 3.71. The van der Waals surface area contributed by atoms with Gasteiger partial charge in [0.1, 0.15) is 5.75 Å². The number of carbonyl (C=O) groups excluding carboxylic acids is 1. The molecule has 0 unspecified atom stereocenters. The fraction of sp³-hybridized carbons (Fsp3) is 0.412. The SMILES string of the molecule is Cc1nc([C@H]2CCCN(C(=O)COc3ccc(C#N)cc3)C2)no1. The van der Waals surface area contributed by atoms with E-state index >= 15 is 0 Å². The van der Waals surface area contributed by atoms with E-state index < -0.39 is 0 Å². The van der Waals surface area contributed by atoms with Gasteiger partial charge in [-0.15, -0.1) is 0 Å². The Morgan fingerprint density at radius 2 is 2.25 bits per heavy atom.